The minimum absolute atomic E-state index is 0.142. The number of hydrogen-bond acceptors (Lipinski definition) is 2. The van der Waals surface area contributed by atoms with Crippen molar-refractivity contribution in [3.63, 3.8) is 0 Å². The highest BCUT2D eigenvalue weighted by Gasteiger charge is 2.48. The molecule has 0 radical (unpaired) electrons. The third-order valence-corrected chi connectivity index (χ3v) is 21.2. The monoisotopic (exact) mass is 1220 g/mol. The zero-order valence-electron chi connectivity index (χ0n) is 57.3. The summed E-state index contributed by atoms with van der Waals surface area (Å²) in [4.78, 5) is 5.17. The van der Waals surface area contributed by atoms with Gasteiger partial charge in [0.25, 0.3) is 0 Å². The van der Waals surface area contributed by atoms with Crippen molar-refractivity contribution in [2.24, 2.45) is 0 Å². The van der Waals surface area contributed by atoms with Gasteiger partial charge >= 0.3 is 0 Å². The molecule has 2 nitrogen and oxygen atoms in total. The molecule has 0 heterocycles. The summed E-state index contributed by atoms with van der Waals surface area (Å²) in [6, 6.07) is 80.3. The molecule has 0 bridgehead atoms. The van der Waals surface area contributed by atoms with Crippen LogP contribution in [0.25, 0.3) is 44.5 Å². The average Bonchev–Trinajstić information content (AvgIpc) is 1.53. The van der Waals surface area contributed by atoms with Gasteiger partial charge in [-0.1, -0.05) is 326 Å². The maximum atomic E-state index is 2.85. The summed E-state index contributed by atoms with van der Waals surface area (Å²) in [5, 5.41) is 0. The number of benzene rings is 9. The topological polar surface area (TPSA) is 6.48 Å². The second-order valence-corrected chi connectivity index (χ2v) is 27.7. The van der Waals surface area contributed by atoms with E-state index in [2.05, 4.69) is 258 Å². The zero-order valence-corrected chi connectivity index (χ0v) is 57.3. The second-order valence-electron chi connectivity index (χ2n) is 27.7. The summed E-state index contributed by atoms with van der Waals surface area (Å²) in [5.41, 5.74) is 26.8. The van der Waals surface area contributed by atoms with Gasteiger partial charge < -0.3 is 9.80 Å². The molecule has 0 fully saturated rings. The Kier molecular flexibility index (Phi) is 23.3. The van der Waals surface area contributed by atoms with E-state index in [1.165, 1.54) is 270 Å². The molecule has 0 amide bonds. The second kappa shape index (κ2) is 32.4. The number of para-hydroxylation sites is 2. The maximum absolute atomic E-state index is 2.85. The van der Waals surface area contributed by atoms with Gasteiger partial charge in [-0.15, -0.1) is 0 Å². The molecule has 0 saturated heterocycles. The predicted molar refractivity (Wildman–Crippen MR) is 401 cm³/mol. The number of unbranched alkanes of at least 4 members (excludes halogenated alkanes) is 20. The van der Waals surface area contributed by atoms with Gasteiger partial charge in [0.05, 0.1) is 11.4 Å². The van der Waals surface area contributed by atoms with E-state index in [0.717, 1.165) is 0 Å². The Labute approximate surface area is 557 Å². The van der Waals surface area contributed by atoms with Crippen LogP contribution in [-0.2, 0) is 10.8 Å². The van der Waals surface area contributed by atoms with Crippen LogP contribution in [0.2, 0.25) is 0 Å². The molecule has 0 saturated carbocycles. The van der Waals surface area contributed by atoms with E-state index in [9.17, 15) is 0 Å². The number of hydrogen-bond donors (Lipinski definition) is 0. The van der Waals surface area contributed by atoms with Crippen molar-refractivity contribution >= 4 is 34.1 Å². The Morgan fingerprint density at radius 2 is 0.522 bits per heavy atom. The molecule has 0 aromatic heterocycles. The minimum atomic E-state index is -0.142. The van der Waals surface area contributed by atoms with Gasteiger partial charge in [0.1, 0.15) is 0 Å². The number of aryl methyl sites for hydroxylation is 2. The standard InChI is InChI=1S/C90H108N2/c1-7-11-15-19-23-37-61-89(62-38-24-20-16-12-8-2)83-65-75(91(73-53-49-69(5)50-54-73)87-47-35-33-45-77(87)71-41-29-27-30-42-71)57-59-79(83)81-68-86-82(67-85(81)89)80-60-58-76(66-84(80)90(86,63-39-25-21-17-13-9-3)64-40-26-22-18-14-10-4)92(74-55-51-70(6)52-56-74)88-48-36-34-46-78(88)72-43-31-28-32-44-72/h27-36,41-60,65-68H,7-26,37-40,61-64H2,1-6H3. The lowest BCUT2D eigenvalue weighted by Gasteiger charge is -2.36. The summed E-state index contributed by atoms with van der Waals surface area (Å²) in [6.07, 6.45) is 35.7. The molecule has 2 heteroatoms. The van der Waals surface area contributed by atoms with Crippen LogP contribution in [-0.4, -0.2) is 0 Å². The summed E-state index contributed by atoms with van der Waals surface area (Å²) in [6.45, 7) is 13.9. The molecule has 0 unspecified atom stereocenters. The van der Waals surface area contributed by atoms with Crippen LogP contribution in [0.3, 0.4) is 0 Å². The summed E-state index contributed by atoms with van der Waals surface area (Å²) in [5.74, 6) is 0. The van der Waals surface area contributed by atoms with Crippen molar-refractivity contribution < 1.29 is 0 Å². The van der Waals surface area contributed by atoms with E-state index in [-0.39, 0.29) is 10.8 Å². The Morgan fingerprint density at radius 1 is 0.239 bits per heavy atom. The molecule has 11 rings (SSSR count). The molecule has 2 aliphatic rings. The van der Waals surface area contributed by atoms with Crippen molar-refractivity contribution in [1.29, 1.82) is 0 Å². The van der Waals surface area contributed by atoms with Gasteiger partial charge in [-0.25, -0.2) is 0 Å². The highest BCUT2D eigenvalue weighted by molar-refractivity contribution is 5.95. The van der Waals surface area contributed by atoms with E-state index >= 15 is 0 Å². The van der Waals surface area contributed by atoms with Crippen LogP contribution < -0.4 is 9.80 Å². The first-order valence-electron chi connectivity index (χ1n) is 36.8. The van der Waals surface area contributed by atoms with Crippen molar-refractivity contribution in [1.82, 2.24) is 0 Å². The summed E-state index contributed by atoms with van der Waals surface area (Å²) < 4.78 is 0. The highest BCUT2D eigenvalue weighted by atomic mass is 15.2. The third-order valence-electron chi connectivity index (χ3n) is 21.2. The fourth-order valence-corrected chi connectivity index (χ4v) is 16.2. The van der Waals surface area contributed by atoms with E-state index in [1.54, 1.807) is 22.3 Å². The van der Waals surface area contributed by atoms with E-state index in [1.807, 2.05) is 0 Å². The quantitative estimate of drug-likeness (QED) is 0.0361. The summed E-state index contributed by atoms with van der Waals surface area (Å²) >= 11 is 0. The first kappa shape index (κ1) is 66.1. The molecular weight excluding hydrogens is 1110 g/mol. The predicted octanol–water partition coefficient (Wildman–Crippen LogP) is 28.1. The molecule has 0 N–H and O–H groups in total. The van der Waals surface area contributed by atoms with Gasteiger partial charge in [0.2, 0.25) is 0 Å². The van der Waals surface area contributed by atoms with E-state index in [0.29, 0.717) is 0 Å². The lowest BCUT2D eigenvalue weighted by molar-refractivity contribution is 0.394. The van der Waals surface area contributed by atoms with Crippen molar-refractivity contribution in [3.8, 4) is 44.5 Å². The van der Waals surface area contributed by atoms with Gasteiger partial charge in [-0.3, -0.25) is 0 Å². The molecule has 478 valence electrons. The maximum Gasteiger partial charge on any atom is 0.0540 e. The normalized spacial score (nSPS) is 13.2. The summed E-state index contributed by atoms with van der Waals surface area (Å²) in [7, 11) is 0. The highest BCUT2D eigenvalue weighted by Crippen LogP contribution is 2.62. The molecule has 9 aromatic rings. The average molecular weight is 1220 g/mol. The lowest BCUT2D eigenvalue weighted by atomic mass is 9.68. The molecular formula is C90H108N2. The Hall–Kier alpha value is -7.42. The molecule has 92 heavy (non-hydrogen) atoms. The SMILES string of the molecule is CCCCCCCCC1(CCCCCCCC)c2cc(N(c3ccc(C)cc3)c3ccccc3-c3ccccc3)ccc2-c2cc3c(cc21)-c1ccc(N(c2ccc(C)cc2)c2ccccc2-c2ccccc2)cc1C3(CCCCCCCC)CCCCCCCC. The molecule has 2 aliphatic carbocycles. The lowest BCUT2D eigenvalue weighted by Crippen LogP contribution is -2.27. The van der Waals surface area contributed by atoms with Crippen LogP contribution in [0.15, 0.2) is 206 Å². The Bertz CT molecular complexity index is 3460. The van der Waals surface area contributed by atoms with Crippen LogP contribution >= 0.6 is 0 Å². The fraction of sp³-hybridized carbons (Fsp3) is 0.400. The van der Waals surface area contributed by atoms with Crippen LogP contribution in [0.4, 0.5) is 34.1 Å². The number of rotatable bonds is 36. The first-order chi connectivity index (χ1) is 45.3. The number of nitrogens with zero attached hydrogens (tertiary/aromatic N) is 2. The third kappa shape index (κ3) is 14.8. The smallest absolute Gasteiger partial charge is 0.0540 e. The Morgan fingerprint density at radius 3 is 0.859 bits per heavy atom. The molecule has 0 atom stereocenters. The van der Waals surface area contributed by atoms with Gasteiger partial charge in [-0.2, -0.15) is 0 Å². The molecule has 0 spiro atoms. The fourth-order valence-electron chi connectivity index (χ4n) is 16.2. The van der Waals surface area contributed by atoms with Crippen molar-refractivity contribution in [2.75, 3.05) is 9.80 Å². The van der Waals surface area contributed by atoms with Gasteiger partial charge in [0.15, 0.2) is 0 Å². The van der Waals surface area contributed by atoms with Crippen LogP contribution in [0.5, 0.6) is 0 Å². The van der Waals surface area contributed by atoms with Crippen molar-refractivity contribution in [2.45, 2.75) is 232 Å². The number of fused-ring (bicyclic) bond motifs is 6. The van der Waals surface area contributed by atoms with Gasteiger partial charge in [0, 0.05) is 44.7 Å². The number of anilines is 6. The largest absolute Gasteiger partial charge is 0.310 e. The molecule has 9 aromatic carbocycles. The molecule has 0 aliphatic heterocycles. The van der Waals surface area contributed by atoms with E-state index < -0.39 is 0 Å². The van der Waals surface area contributed by atoms with Gasteiger partial charge in [-0.05, 0) is 168 Å². The first-order valence-corrected chi connectivity index (χ1v) is 36.8. The zero-order chi connectivity index (χ0) is 63.5. The van der Waals surface area contributed by atoms with Crippen LogP contribution in [0, 0.1) is 13.8 Å². The van der Waals surface area contributed by atoms with Crippen molar-refractivity contribution in [3.05, 3.63) is 240 Å². The Balaban J connectivity index is 1.14. The van der Waals surface area contributed by atoms with E-state index in [4.69, 9.17) is 0 Å². The minimum Gasteiger partial charge on any atom is -0.310 e. The van der Waals surface area contributed by atoms with Crippen LogP contribution in [0.1, 0.15) is 241 Å².